The van der Waals surface area contributed by atoms with Crippen LogP contribution in [0.15, 0.2) is 18.3 Å². The molecule has 21 heavy (non-hydrogen) atoms. The molecule has 1 fully saturated rings. The number of pyridine rings is 1. The zero-order valence-corrected chi connectivity index (χ0v) is 13.0. The molecule has 6 heteroatoms. The van der Waals surface area contributed by atoms with Crippen LogP contribution in [0.2, 0.25) is 0 Å². The number of methoxy groups -OCH3 is 1. The molecule has 0 aromatic carbocycles. The Kier molecular flexibility index (Phi) is 5.38. The number of aromatic nitrogens is 1. The highest BCUT2D eigenvalue weighted by molar-refractivity contribution is 5.89. The molecule has 1 aliphatic rings. The van der Waals surface area contributed by atoms with Crippen molar-refractivity contribution in [2.75, 3.05) is 44.1 Å². The molecule has 6 nitrogen and oxygen atoms in total. The van der Waals surface area contributed by atoms with Crippen molar-refractivity contribution in [3.05, 3.63) is 18.3 Å². The molecular formula is C15H24N4O2. The van der Waals surface area contributed by atoms with Crippen LogP contribution in [0.1, 0.15) is 19.8 Å². The summed E-state index contributed by atoms with van der Waals surface area (Å²) in [6.07, 6.45) is 4.16. The van der Waals surface area contributed by atoms with Gasteiger partial charge >= 0.3 is 6.03 Å². The third-order valence-corrected chi connectivity index (χ3v) is 3.82. The lowest BCUT2D eigenvalue weighted by Crippen LogP contribution is -2.40. The van der Waals surface area contributed by atoms with Crippen LogP contribution >= 0.6 is 0 Å². The lowest BCUT2D eigenvalue weighted by molar-refractivity contribution is 0.128. The van der Waals surface area contributed by atoms with E-state index in [-0.39, 0.29) is 12.1 Å². The summed E-state index contributed by atoms with van der Waals surface area (Å²) >= 11 is 0. The molecule has 0 saturated carbocycles. The van der Waals surface area contributed by atoms with Gasteiger partial charge in [0.05, 0.1) is 24.5 Å². The van der Waals surface area contributed by atoms with Gasteiger partial charge in [0.25, 0.3) is 0 Å². The van der Waals surface area contributed by atoms with Crippen molar-refractivity contribution in [3.8, 4) is 0 Å². The predicted molar refractivity (Wildman–Crippen MR) is 83.8 cm³/mol. The first-order chi connectivity index (χ1) is 10.1. The van der Waals surface area contributed by atoms with E-state index in [1.54, 1.807) is 25.3 Å². The van der Waals surface area contributed by atoms with Crippen molar-refractivity contribution in [1.29, 1.82) is 0 Å². The second-order valence-corrected chi connectivity index (χ2v) is 5.44. The van der Waals surface area contributed by atoms with Gasteiger partial charge in [0.1, 0.15) is 5.82 Å². The molecule has 2 heterocycles. The molecule has 2 amide bonds. The van der Waals surface area contributed by atoms with Gasteiger partial charge in [-0.2, -0.15) is 0 Å². The quantitative estimate of drug-likeness (QED) is 0.903. The average molecular weight is 292 g/mol. The van der Waals surface area contributed by atoms with Gasteiger partial charge in [-0.3, -0.25) is 0 Å². The van der Waals surface area contributed by atoms with E-state index in [2.05, 4.69) is 15.2 Å². The molecule has 1 aliphatic heterocycles. The van der Waals surface area contributed by atoms with Gasteiger partial charge in [0.15, 0.2) is 0 Å². The van der Waals surface area contributed by atoms with Crippen molar-refractivity contribution in [2.24, 2.45) is 0 Å². The third kappa shape index (κ3) is 4.07. The Labute approximate surface area is 126 Å². The number of rotatable bonds is 5. The monoisotopic (exact) mass is 292 g/mol. The van der Waals surface area contributed by atoms with E-state index < -0.39 is 0 Å². The maximum Gasteiger partial charge on any atom is 0.321 e. The number of hydrogen-bond donors (Lipinski definition) is 1. The van der Waals surface area contributed by atoms with Gasteiger partial charge in [0.2, 0.25) is 0 Å². The Morgan fingerprint density at radius 2 is 2.19 bits per heavy atom. The second kappa shape index (κ2) is 7.26. The summed E-state index contributed by atoms with van der Waals surface area (Å²) in [5, 5.41) is 2.85. The van der Waals surface area contributed by atoms with Crippen LogP contribution in [-0.2, 0) is 4.74 Å². The molecule has 1 unspecified atom stereocenters. The predicted octanol–water partition coefficient (Wildman–Crippen LogP) is 2.18. The van der Waals surface area contributed by atoms with Crippen LogP contribution in [0.3, 0.4) is 0 Å². The summed E-state index contributed by atoms with van der Waals surface area (Å²) in [6, 6.07) is 3.72. The van der Waals surface area contributed by atoms with Crippen LogP contribution in [0.4, 0.5) is 16.3 Å². The maximum atomic E-state index is 12.1. The summed E-state index contributed by atoms with van der Waals surface area (Å²) in [5.41, 5.74) is 0.708. The molecule has 1 aromatic rings. The fourth-order valence-electron chi connectivity index (χ4n) is 2.36. The van der Waals surface area contributed by atoms with Gasteiger partial charge in [-0.1, -0.05) is 0 Å². The fourth-order valence-corrected chi connectivity index (χ4v) is 2.36. The smallest absolute Gasteiger partial charge is 0.321 e. The molecule has 1 saturated heterocycles. The molecule has 0 spiro atoms. The number of nitrogens with zero attached hydrogens (tertiary/aromatic N) is 3. The molecule has 2 rings (SSSR count). The highest BCUT2D eigenvalue weighted by atomic mass is 16.5. The largest absolute Gasteiger partial charge is 0.383 e. The van der Waals surface area contributed by atoms with Crippen molar-refractivity contribution in [3.63, 3.8) is 0 Å². The van der Waals surface area contributed by atoms with E-state index in [1.165, 1.54) is 12.8 Å². The fraction of sp³-hybridized carbons (Fsp3) is 0.600. The summed E-state index contributed by atoms with van der Waals surface area (Å²) in [4.78, 5) is 20.4. The SMILES string of the molecule is COCC(C)N(C)C(=O)Nc1ccc(N2CCCC2)nc1. The van der Waals surface area contributed by atoms with E-state index in [1.807, 2.05) is 19.1 Å². The average Bonchev–Trinajstić information content (AvgIpc) is 3.01. The maximum absolute atomic E-state index is 12.1. The lowest BCUT2D eigenvalue weighted by atomic mass is 10.3. The van der Waals surface area contributed by atoms with Crippen LogP contribution in [0.5, 0.6) is 0 Å². The zero-order chi connectivity index (χ0) is 15.2. The minimum atomic E-state index is -0.157. The minimum Gasteiger partial charge on any atom is -0.383 e. The minimum absolute atomic E-state index is 0.0202. The van der Waals surface area contributed by atoms with Gasteiger partial charge in [-0.15, -0.1) is 0 Å². The first kappa shape index (κ1) is 15.6. The molecule has 1 atom stereocenters. The Morgan fingerprint density at radius 1 is 1.48 bits per heavy atom. The standard InChI is InChI=1S/C15H24N4O2/c1-12(11-21-3)18(2)15(20)17-13-6-7-14(16-10-13)19-8-4-5-9-19/h6-7,10,12H,4-5,8-9,11H2,1-3H3,(H,17,20). The number of urea groups is 1. The molecular weight excluding hydrogens is 268 g/mol. The number of carbonyl (C=O) groups is 1. The Bertz CT molecular complexity index is 457. The lowest BCUT2D eigenvalue weighted by Gasteiger charge is -2.24. The van der Waals surface area contributed by atoms with Crippen molar-refractivity contribution in [2.45, 2.75) is 25.8 Å². The summed E-state index contributed by atoms with van der Waals surface area (Å²) in [6.45, 7) is 4.58. The topological polar surface area (TPSA) is 57.7 Å². The third-order valence-electron chi connectivity index (χ3n) is 3.82. The van der Waals surface area contributed by atoms with Gasteiger partial charge in [-0.05, 0) is 31.9 Å². The van der Waals surface area contributed by atoms with E-state index in [4.69, 9.17) is 4.74 Å². The Balaban J connectivity index is 1.91. The van der Waals surface area contributed by atoms with Crippen LogP contribution in [-0.4, -0.2) is 55.8 Å². The van der Waals surface area contributed by atoms with Gasteiger partial charge < -0.3 is 19.9 Å². The van der Waals surface area contributed by atoms with Crippen molar-refractivity contribution in [1.82, 2.24) is 9.88 Å². The van der Waals surface area contributed by atoms with Gasteiger partial charge in [0, 0.05) is 27.2 Å². The number of carbonyl (C=O) groups excluding carboxylic acids is 1. The van der Waals surface area contributed by atoms with Crippen LogP contribution < -0.4 is 10.2 Å². The number of amides is 2. The number of likely N-dealkylation sites (N-methyl/N-ethyl adjacent to an activating group) is 1. The zero-order valence-electron chi connectivity index (χ0n) is 13.0. The Morgan fingerprint density at radius 3 is 2.76 bits per heavy atom. The van der Waals surface area contributed by atoms with Crippen molar-refractivity contribution < 1.29 is 9.53 Å². The highest BCUT2D eigenvalue weighted by Gasteiger charge is 2.16. The summed E-state index contributed by atoms with van der Waals surface area (Å²) in [7, 11) is 3.38. The highest BCUT2D eigenvalue weighted by Crippen LogP contribution is 2.19. The first-order valence-corrected chi connectivity index (χ1v) is 7.35. The van der Waals surface area contributed by atoms with Crippen LogP contribution in [0, 0.1) is 0 Å². The number of hydrogen-bond acceptors (Lipinski definition) is 4. The summed E-state index contributed by atoms with van der Waals surface area (Å²) in [5.74, 6) is 0.978. The first-order valence-electron chi connectivity index (χ1n) is 7.35. The normalized spacial score (nSPS) is 15.9. The van der Waals surface area contributed by atoms with E-state index in [0.717, 1.165) is 18.9 Å². The van der Waals surface area contributed by atoms with Crippen LogP contribution in [0.25, 0.3) is 0 Å². The number of anilines is 2. The van der Waals surface area contributed by atoms with E-state index in [0.29, 0.717) is 12.3 Å². The van der Waals surface area contributed by atoms with Gasteiger partial charge in [-0.25, -0.2) is 9.78 Å². The molecule has 0 bridgehead atoms. The van der Waals surface area contributed by atoms with E-state index >= 15 is 0 Å². The summed E-state index contributed by atoms with van der Waals surface area (Å²) < 4.78 is 5.06. The second-order valence-electron chi connectivity index (χ2n) is 5.44. The molecule has 1 N–H and O–H groups in total. The molecule has 0 radical (unpaired) electrons. The molecule has 0 aliphatic carbocycles. The van der Waals surface area contributed by atoms with E-state index in [9.17, 15) is 4.79 Å². The molecule has 116 valence electrons. The Hall–Kier alpha value is -1.82. The number of nitrogens with one attached hydrogen (secondary N) is 1. The molecule has 1 aromatic heterocycles. The number of ether oxygens (including phenoxy) is 1. The van der Waals surface area contributed by atoms with Crippen molar-refractivity contribution >= 4 is 17.5 Å².